The first kappa shape index (κ1) is 16.1. The molecule has 1 N–H and O–H groups in total. The number of nitrogens with zero attached hydrogens (tertiary/aromatic N) is 2. The summed E-state index contributed by atoms with van der Waals surface area (Å²) in [6, 6.07) is 5.68. The molecule has 2 rings (SSSR count). The molecule has 120 valence electrons. The topological polar surface area (TPSA) is 70.1 Å². The fourth-order valence-corrected chi connectivity index (χ4v) is 2.61. The van der Waals surface area contributed by atoms with Gasteiger partial charge in [-0.25, -0.2) is 0 Å². The predicted molar refractivity (Wildman–Crippen MR) is 84.7 cm³/mol. The molecule has 1 amide bonds. The van der Waals surface area contributed by atoms with Gasteiger partial charge in [0, 0.05) is 31.4 Å². The molecule has 6 nitrogen and oxygen atoms in total. The first-order valence-electron chi connectivity index (χ1n) is 7.60. The van der Waals surface area contributed by atoms with E-state index in [9.17, 15) is 9.59 Å². The zero-order valence-electron chi connectivity index (χ0n) is 13.0. The molecule has 1 heterocycles. The molecule has 1 aromatic carbocycles. The van der Waals surface area contributed by atoms with E-state index in [-0.39, 0.29) is 18.9 Å². The van der Waals surface area contributed by atoms with Crippen molar-refractivity contribution < 1.29 is 19.4 Å². The van der Waals surface area contributed by atoms with Gasteiger partial charge in [-0.15, -0.1) is 0 Å². The van der Waals surface area contributed by atoms with E-state index in [0.717, 1.165) is 24.3 Å². The summed E-state index contributed by atoms with van der Waals surface area (Å²) in [5.74, 6) is -0.174. The van der Waals surface area contributed by atoms with Crippen LogP contribution in [0.15, 0.2) is 18.2 Å². The molecule has 0 fully saturated rings. The molecule has 0 atom stereocenters. The minimum atomic E-state index is -0.807. The molecule has 0 spiro atoms. The van der Waals surface area contributed by atoms with E-state index in [1.807, 2.05) is 30.0 Å². The van der Waals surface area contributed by atoms with E-state index in [1.165, 1.54) is 0 Å². The van der Waals surface area contributed by atoms with Crippen LogP contribution in [0.3, 0.4) is 0 Å². The molecular weight excluding hydrogens is 284 g/mol. The van der Waals surface area contributed by atoms with Crippen LogP contribution in [0.2, 0.25) is 0 Å². The van der Waals surface area contributed by atoms with Gasteiger partial charge >= 0.3 is 5.97 Å². The minimum Gasteiger partial charge on any atom is -0.481 e. The van der Waals surface area contributed by atoms with Gasteiger partial charge in [0.1, 0.15) is 5.75 Å². The number of rotatable bonds is 7. The average Bonchev–Trinajstić information content (AvgIpc) is 2.50. The smallest absolute Gasteiger partial charge is 0.305 e. The first-order chi connectivity index (χ1) is 10.6. The standard InChI is InChI=1S/C16H22N2O4/c1-3-8-17(9-7-16(20)21)12-5-6-13-14(10-12)22-11-15(19)18(13)4-2/h5-6,10H,3-4,7-9,11H2,1-2H3,(H,20,21). The summed E-state index contributed by atoms with van der Waals surface area (Å²) in [7, 11) is 0. The molecule has 6 heteroatoms. The largest absolute Gasteiger partial charge is 0.481 e. The zero-order valence-corrected chi connectivity index (χ0v) is 13.0. The molecule has 0 bridgehead atoms. The van der Waals surface area contributed by atoms with E-state index in [2.05, 4.69) is 6.92 Å². The van der Waals surface area contributed by atoms with Gasteiger partial charge in [-0.3, -0.25) is 9.59 Å². The van der Waals surface area contributed by atoms with Crippen molar-refractivity contribution in [3.05, 3.63) is 18.2 Å². The summed E-state index contributed by atoms with van der Waals surface area (Å²) in [5, 5.41) is 8.87. The molecule has 1 aliphatic heterocycles. The Hall–Kier alpha value is -2.24. The van der Waals surface area contributed by atoms with Gasteiger partial charge < -0.3 is 19.6 Å². The molecule has 1 aromatic rings. The lowest BCUT2D eigenvalue weighted by Crippen LogP contribution is -2.38. The Morgan fingerprint density at radius 1 is 1.36 bits per heavy atom. The zero-order chi connectivity index (χ0) is 16.1. The number of carbonyl (C=O) groups excluding carboxylic acids is 1. The number of carbonyl (C=O) groups is 2. The van der Waals surface area contributed by atoms with Gasteiger partial charge in [0.2, 0.25) is 0 Å². The molecule has 0 aromatic heterocycles. The Morgan fingerprint density at radius 3 is 2.77 bits per heavy atom. The first-order valence-corrected chi connectivity index (χ1v) is 7.60. The second-order valence-electron chi connectivity index (χ2n) is 5.21. The van der Waals surface area contributed by atoms with Crippen LogP contribution < -0.4 is 14.5 Å². The number of ether oxygens (including phenoxy) is 1. The highest BCUT2D eigenvalue weighted by molar-refractivity contribution is 5.98. The number of anilines is 2. The maximum Gasteiger partial charge on any atom is 0.305 e. The summed E-state index contributed by atoms with van der Waals surface area (Å²) >= 11 is 0. The molecular formula is C16H22N2O4. The Morgan fingerprint density at radius 2 is 2.14 bits per heavy atom. The third kappa shape index (κ3) is 3.50. The summed E-state index contributed by atoms with van der Waals surface area (Å²) in [4.78, 5) is 26.3. The van der Waals surface area contributed by atoms with Crippen molar-refractivity contribution >= 4 is 23.3 Å². The number of fused-ring (bicyclic) bond motifs is 1. The van der Waals surface area contributed by atoms with Crippen molar-refractivity contribution in [2.24, 2.45) is 0 Å². The number of hydrogen-bond acceptors (Lipinski definition) is 4. The molecule has 0 radical (unpaired) electrons. The van der Waals surface area contributed by atoms with Crippen LogP contribution in [0, 0.1) is 0 Å². The van der Waals surface area contributed by atoms with Crippen LogP contribution in [0.1, 0.15) is 26.7 Å². The van der Waals surface area contributed by atoms with Crippen LogP contribution in [-0.4, -0.2) is 43.2 Å². The average molecular weight is 306 g/mol. The normalized spacial score (nSPS) is 13.5. The van der Waals surface area contributed by atoms with Crippen molar-refractivity contribution in [1.29, 1.82) is 0 Å². The highest BCUT2D eigenvalue weighted by Crippen LogP contribution is 2.35. The SMILES string of the molecule is CCCN(CCC(=O)O)c1ccc2c(c1)OCC(=O)N2CC. The Labute approximate surface area is 130 Å². The maximum absolute atomic E-state index is 11.8. The van der Waals surface area contributed by atoms with Crippen LogP contribution in [0.4, 0.5) is 11.4 Å². The highest BCUT2D eigenvalue weighted by atomic mass is 16.5. The van der Waals surface area contributed by atoms with E-state index < -0.39 is 5.97 Å². The van der Waals surface area contributed by atoms with Gasteiger partial charge in [0.15, 0.2) is 6.61 Å². The lowest BCUT2D eigenvalue weighted by Gasteiger charge is -2.30. The summed E-state index contributed by atoms with van der Waals surface area (Å²) in [5.41, 5.74) is 1.70. The number of benzene rings is 1. The molecule has 0 saturated heterocycles. The van der Waals surface area contributed by atoms with E-state index in [0.29, 0.717) is 18.8 Å². The number of hydrogen-bond donors (Lipinski definition) is 1. The van der Waals surface area contributed by atoms with Gasteiger partial charge in [-0.05, 0) is 25.5 Å². The lowest BCUT2D eigenvalue weighted by molar-refractivity contribution is -0.136. The molecule has 1 aliphatic rings. The van der Waals surface area contributed by atoms with Crippen molar-refractivity contribution in [2.75, 3.05) is 36.0 Å². The van der Waals surface area contributed by atoms with E-state index in [4.69, 9.17) is 9.84 Å². The Kier molecular flexibility index (Phi) is 5.25. The minimum absolute atomic E-state index is 0.0426. The van der Waals surface area contributed by atoms with E-state index in [1.54, 1.807) is 4.90 Å². The lowest BCUT2D eigenvalue weighted by atomic mass is 10.2. The third-order valence-corrected chi connectivity index (χ3v) is 3.66. The van der Waals surface area contributed by atoms with Crippen LogP contribution in [0.5, 0.6) is 5.75 Å². The Balaban J connectivity index is 2.24. The molecule has 22 heavy (non-hydrogen) atoms. The molecule has 0 aliphatic carbocycles. The van der Waals surface area contributed by atoms with Crippen LogP contribution >= 0.6 is 0 Å². The van der Waals surface area contributed by atoms with E-state index >= 15 is 0 Å². The fourth-order valence-electron chi connectivity index (χ4n) is 2.61. The second kappa shape index (κ2) is 7.15. The number of carboxylic acids is 1. The number of aliphatic carboxylic acids is 1. The maximum atomic E-state index is 11.8. The number of carboxylic acid groups (broad SMARTS) is 1. The monoisotopic (exact) mass is 306 g/mol. The predicted octanol–water partition coefficient (Wildman–Crippen LogP) is 2.12. The van der Waals surface area contributed by atoms with Crippen molar-refractivity contribution in [3.63, 3.8) is 0 Å². The quantitative estimate of drug-likeness (QED) is 0.835. The van der Waals surface area contributed by atoms with Crippen molar-refractivity contribution in [1.82, 2.24) is 0 Å². The third-order valence-electron chi connectivity index (χ3n) is 3.66. The van der Waals surface area contributed by atoms with Gasteiger partial charge in [0.05, 0.1) is 12.1 Å². The Bertz CT molecular complexity index is 559. The van der Waals surface area contributed by atoms with Crippen LogP contribution in [0.25, 0.3) is 0 Å². The molecule has 0 unspecified atom stereocenters. The van der Waals surface area contributed by atoms with Gasteiger partial charge in [-0.2, -0.15) is 0 Å². The van der Waals surface area contributed by atoms with Gasteiger partial charge in [-0.1, -0.05) is 6.92 Å². The van der Waals surface area contributed by atoms with Crippen LogP contribution in [-0.2, 0) is 9.59 Å². The molecule has 0 saturated carbocycles. The number of likely N-dealkylation sites (N-methyl/N-ethyl adjacent to an activating group) is 1. The summed E-state index contributed by atoms with van der Waals surface area (Å²) in [6.45, 7) is 5.87. The summed E-state index contributed by atoms with van der Waals surface area (Å²) in [6.07, 6.45) is 1.02. The fraction of sp³-hybridized carbons (Fsp3) is 0.500. The number of amides is 1. The van der Waals surface area contributed by atoms with Gasteiger partial charge in [0.25, 0.3) is 5.91 Å². The summed E-state index contributed by atoms with van der Waals surface area (Å²) < 4.78 is 5.53. The van der Waals surface area contributed by atoms with Crippen molar-refractivity contribution in [2.45, 2.75) is 26.7 Å². The highest BCUT2D eigenvalue weighted by Gasteiger charge is 2.24. The van der Waals surface area contributed by atoms with Crippen molar-refractivity contribution in [3.8, 4) is 5.75 Å². The second-order valence-corrected chi connectivity index (χ2v) is 5.21.